The van der Waals surface area contributed by atoms with Crippen molar-refractivity contribution in [3.05, 3.63) is 29.6 Å². The van der Waals surface area contributed by atoms with E-state index in [2.05, 4.69) is 24.1 Å². The van der Waals surface area contributed by atoms with E-state index in [1.807, 2.05) is 19.9 Å². The van der Waals surface area contributed by atoms with Gasteiger partial charge in [-0.3, -0.25) is 9.78 Å². The lowest BCUT2D eigenvalue weighted by molar-refractivity contribution is 0.0938. The molecule has 0 aliphatic heterocycles. The van der Waals surface area contributed by atoms with Crippen LogP contribution < -0.4 is 5.32 Å². The van der Waals surface area contributed by atoms with Crippen molar-refractivity contribution in [1.29, 1.82) is 0 Å². The highest BCUT2D eigenvalue weighted by Gasteiger charge is 2.08. The second-order valence-electron chi connectivity index (χ2n) is 4.26. The molecule has 84 valence electrons. The molecule has 15 heavy (non-hydrogen) atoms. The van der Waals surface area contributed by atoms with Crippen LogP contribution in [0.15, 0.2) is 18.3 Å². The summed E-state index contributed by atoms with van der Waals surface area (Å²) in [5, 5.41) is 2.81. The molecule has 0 bridgehead atoms. The molecule has 0 radical (unpaired) electrons. The Hall–Kier alpha value is -1.38. The minimum Gasteiger partial charge on any atom is -0.349 e. The lowest BCUT2D eigenvalue weighted by atomic mass is 10.1. The van der Waals surface area contributed by atoms with Gasteiger partial charge in [-0.2, -0.15) is 0 Å². The maximum absolute atomic E-state index is 11.6. The van der Waals surface area contributed by atoms with Crippen molar-refractivity contribution in [3.8, 4) is 0 Å². The smallest absolute Gasteiger partial charge is 0.270 e. The molecule has 3 heteroatoms. The van der Waals surface area contributed by atoms with E-state index >= 15 is 0 Å². The Labute approximate surface area is 92.4 Å². The van der Waals surface area contributed by atoms with Crippen molar-refractivity contribution >= 4 is 5.91 Å². The van der Waals surface area contributed by atoms with Crippen LogP contribution in [-0.2, 0) is 0 Å². The van der Waals surface area contributed by atoms with Gasteiger partial charge >= 0.3 is 0 Å². The first-order valence-electron chi connectivity index (χ1n) is 5.27. The fourth-order valence-electron chi connectivity index (χ4n) is 1.22. The Morgan fingerprint density at radius 3 is 2.40 bits per heavy atom. The third-order valence-corrected chi connectivity index (χ3v) is 2.11. The standard InChI is InChI=1S/C12H18N2O.H2/c1-8(2)10-5-6-11(13-7-10)12(15)14-9(3)4;/h5-9H,1-4H3,(H,14,15);1H. The van der Waals surface area contributed by atoms with Crippen LogP contribution in [0.3, 0.4) is 0 Å². The van der Waals surface area contributed by atoms with Crippen molar-refractivity contribution in [2.75, 3.05) is 0 Å². The molecule has 0 spiro atoms. The molecule has 1 aromatic rings. The summed E-state index contributed by atoms with van der Waals surface area (Å²) in [6, 6.07) is 3.86. The van der Waals surface area contributed by atoms with Gasteiger partial charge in [-0.05, 0) is 31.4 Å². The van der Waals surface area contributed by atoms with Gasteiger partial charge in [-0.25, -0.2) is 0 Å². The molecule has 0 atom stereocenters. The summed E-state index contributed by atoms with van der Waals surface area (Å²) >= 11 is 0. The number of hydrogen-bond acceptors (Lipinski definition) is 2. The normalized spacial score (nSPS) is 10.8. The van der Waals surface area contributed by atoms with Crippen LogP contribution in [-0.4, -0.2) is 16.9 Å². The van der Waals surface area contributed by atoms with Crippen LogP contribution in [0.5, 0.6) is 0 Å². The van der Waals surface area contributed by atoms with Crippen LogP contribution in [0.1, 0.15) is 51.1 Å². The van der Waals surface area contributed by atoms with Gasteiger partial charge in [0.2, 0.25) is 0 Å². The Kier molecular flexibility index (Phi) is 3.83. The molecule has 0 aromatic carbocycles. The molecular formula is C12H20N2O. The maximum atomic E-state index is 11.6. The number of nitrogens with one attached hydrogen (secondary N) is 1. The number of aromatic nitrogens is 1. The van der Waals surface area contributed by atoms with Gasteiger partial charge in [0, 0.05) is 13.7 Å². The first-order valence-corrected chi connectivity index (χ1v) is 5.27. The third-order valence-electron chi connectivity index (χ3n) is 2.11. The summed E-state index contributed by atoms with van der Waals surface area (Å²) in [6.45, 7) is 8.07. The minimum absolute atomic E-state index is 0. The lowest BCUT2D eigenvalue weighted by Crippen LogP contribution is -2.30. The van der Waals surface area contributed by atoms with Crippen LogP contribution >= 0.6 is 0 Å². The number of carbonyl (C=O) groups is 1. The monoisotopic (exact) mass is 208 g/mol. The second-order valence-corrected chi connectivity index (χ2v) is 4.26. The van der Waals surface area contributed by atoms with E-state index in [9.17, 15) is 4.79 Å². The van der Waals surface area contributed by atoms with Crippen LogP contribution in [0.25, 0.3) is 0 Å². The van der Waals surface area contributed by atoms with Gasteiger partial charge in [-0.15, -0.1) is 0 Å². The zero-order valence-electron chi connectivity index (χ0n) is 9.74. The summed E-state index contributed by atoms with van der Waals surface area (Å²) in [5.41, 5.74) is 1.63. The number of carbonyl (C=O) groups excluding carboxylic acids is 1. The molecule has 1 heterocycles. The van der Waals surface area contributed by atoms with E-state index in [-0.39, 0.29) is 13.4 Å². The second kappa shape index (κ2) is 4.91. The van der Waals surface area contributed by atoms with Crippen LogP contribution in [0, 0.1) is 0 Å². The Bertz CT molecular complexity index is 333. The first-order chi connectivity index (χ1) is 7.00. The van der Waals surface area contributed by atoms with Crippen molar-refractivity contribution in [3.63, 3.8) is 0 Å². The van der Waals surface area contributed by atoms with E-state index in [4.69, 9.17) is 0 Å². The summed E-state index contributed by atoms with van der Waals surface area (Å²) in [5.74, 6) is 0.333. The van der Waals surface area contributed by atoms with Crippen molar-refractivity contribution < 1.29 is 6.22 Å². The average Bonchev–Trinajstić information content (AvgIpc) is 2.17. The maximum Gasteiger partial charge on any atom is 0.270 e. The highest BCUT2D eigenvalue weighted by atomic mass is 16.1. The topological polar surface area (TPSA) is 42.0 Å². The fraction of sp³-hybridized carbons (Fsp3) is 0.500. The molecule has 0 aliphatic rings. The van der Waals surface area contributed by atoms with Crippen molar-refractivity contribution in [1.82, 2.24) is 10.3 Å². The van der Waals surface area contributed by atoms with Crippen molar-refractivity contribution in [2.24, 2.45) is 0 Å². The lowest BCUT2D eigenvalue weighted by Gasteiger charge is -2.09. The summed E-state index contributed by atoms with van der Waals surface area (Å²) < 4.78 is 0. The molecule has 3 nitrogen and oxygen atoms in total. The minimum atomic E-state index is -0.111. The van der Waals surface area contributed by atoms with Gasteiger partial charge in [-0.1, -0.05) is 19.9 Å². The molecular weight excluding hydrogens is 188 g/mol. The predicted octanol–water partition coefficient (Wildman–Crippen LogP) is 2.59. The number of nitrogens with zero attached hydrogens (tertiary/aromatic N) is 1. The molecule has 1 amide bonds. The van der Waals surface area contributed by atoms with E-state index < -0.39 is 0 Å². The fourth-order valence-corrected chi connectivity index (χ4v) is 1.22. The molecule has 0 saturated carbocycles. The summed E-state index contributed by atoms with van der Waals surface area (Å²) in [7, 11) is 0. The van der Waals surface area contributed by atoms with E-state index in [1.54, 1.807) is 12.3 Å². The Balaban J connectivity index is 0.00000225. The van der Waals surface area contributed by atoms with Crippen LogP contribution in [0.4, 0.5) is 0 Å². The highest BCUT2D eigenvalue weighted by Crippen LogP contribution is 2.12. The van der Waals surface area contributed by atoms with Crippen LogP contribution in [0.2, 0.25) is 0 Å². The molecule has 1 N–H and O–H groups in total. The van der Waals surface area contributed by atoms with Gasteiger partial charge < -0.3 is 5.32 Å². The largest absolute Gasteiger partial charge is 0.349 e. The van der Waals surface area contributed by atoms with Gasteiger partial charge in [0.15, 0.2) is 0 Å². The molecule has 0 saturated heterocycles. The Morgan fingerprint density at radius 1 is 1.33 bits per heavy atom. The van der Waals surface area contributed by atoms with Crippen molar-refractivity contribution in [2.45, 2.75) is 39.7 Å². The quantitative estimate of drug-likeness (QED) is 0.829. The first kappa shape index (κ1) is 11.7. The molecule has 1 rings (SSSR count). The van der Waals surface area contributed by atoms with E-state index in [0.29, 0.717) is 11.6 Å². The molecule has 0 fully saturated rings. The molecule has 0 aliphatic carbocycles. The van der Waals surface area contributed by atoms with E-state index in [1.165, 1.54) is 0 Å². The van der Waals surface area contributed by atoms with Gasteiger partial charge in [0.05, 0.1) is 0 Å². The zero-order valence-corrected chi connectivity index (χ0v) is 9.74. The number of rotatable bonds is 3. The highest BCUT2D eigenvalue weighted by molar-refractivity contribution is 5.92. The predicted molar refractivity (Wildman–Crippen MR) is 63.0 cm³/mol. The summed E-state index contributed by atoms with van der Waals surface area (Å²) in [4.78, 5) is 15.7. The number of pyridine rings is 1. The Morgan fingerprint density at radius 2 is 2.00 bits per heavy atom. The third kappa shape index (κ3) is 3.35. The van der Waals surface area contributed by atoms with Gasteiger partial charge in [0.1, 0.15) is 5.69 Å². The SMILES string of the molecule is CC(C)NC(=O)c1ccc(C(C)C)cn1.[HH]. The molecule has 1 aromatic heterocycles. The van der Waals surface area contributed by atoms with E-state index in [0.717, 1.165) is 5.56 Å². The van der Waals surface area contributed by atoms with Gasteiger partial charge in [0.25, 0.3) is 5.91 Å². The zero-order chi connectivity index (χ0) is 11.4. The molecule has 0 unspecified atom stereocenters. The number of amides is 1. The average molecular weight is 208 g/mol. The summed E-state index contributed by atoms with van der Waals surface area (Å²) in [6.07, 6.45) is 1.76. The number of hydrogen-bond donors (Lipinski definition) is 1.